The van der Waals surface area contributed by atoms with E-state index in [1.165, 1.54) is 19.2 Å². The standard InChI is InChI=1S/C28H34ClN5O3.ClH/c1-33-13-9-20(10-14-33)37-25-17-21(36-2)16-24-26(25)27(31-18-30-24)32-19-7-8-22(23(29)15-19)28(35)34-11-5-3-4-6-12-34;/h7-8,15-18,20H,3-6,9-14H2,1-2H3,(H,30,31,32);1H. The second-order valence-corrected chi connectivity index (χ2v) is 10.3. The molecule has 38 heavy (non-hydrogen) atoms. The van der Waals surface area contributed by atoms with E-state index in [9.17, 15) is 4.79 Å². The van der Waals surface area contributed by atoms with Gasteiger partial charge in [-0.05, 0) is 50.9 Å². The van der Waals surface area contributed by atoms with E-state index in [0.717, 1.165) is 68.5 Å². The Balaban J connectivity index is 0.00000336. The number of aromatic nitrogens is 2. The Morgan fingerprint density at radius 1 is 1.03 bits per heavy atom. The molecule has 2 aromatic carbocycles. The second-order valence-electron chi connectivity index (χ2n) is 9.89. The van der Waals surface area contributed by atoms with E-state index in [0.29, 0.717) is 27.9 Å². The quantitative estimate of drug-likeness (QED) is 0.399. The normalized spacial score (nSPS) is 17.0. The van der Waals surface area contributed by atoms with Crippen molar-refractivity contribution in [3.63, 3.8) is 0 Å². The number of likely N-dealkylation sites (tertiary alicyclic amines) is 2. The average Bonchev–Trinajstić information content (AvgIpc) is 3.19. The van der Waals surface area contributed by atoms with Crippen LogP contribution < -0.4 is 14.8 Å². The maximum atomic E-state index is 13.1. The number of hydrogen-bond donors (Lipinski definition) is 1. The predicted octanol–water partition coefficient (Wildman–Crippen LogP) is 5.95. The van der Waals surface area contributed by atoms with Crippen LogP contribution in [0.2, 0.25) is 5.02 Å². The van der Waals surface area contributed by atoms with Crippen molar-refractivity contribution >= 4 is 52.3 Å². The Labute approximate surface area is 235 Å². The molecule has 8 nitrogen and oxygen atoms in total. The highest BCUT2D eigenvalue weighted by atomic mass is 35.5. The summed E-state index contributed by atoms with van der Waals surface area (Å²) in [6, 6.07) is 9.21. The first-order chi connectivity index (χ1) is 18.0. The first-order valence-electron chi connectivity index (χ1n) is 13.1. The third kappa shape index (κ3) is 6.42. The Kier molecular flexibility index (Phi) is 9.52. The van der Waals surface area contributed by atoms with Gasteiger partial charge in [0.2, 0.25) is 0 Å². The van der Waals surface area contributed by atoms with Crippen molar-refractivity contribution in [1.29, 1.82) is 0 Å². The molecule has 0 unspecified atom stereocenters. The van der Waals surface area contributed by atoms with Gasteiger partial charge < -0.3 is 24.6 Å². The Morgan fingerprint density at radius 2 is 1.76 bits per heavy atom. The van der Waals surface area contributed by atoms with Gasteiger partial charge in [-0.25, -0.2) is 9.97 Å². The summed E-state index contributed by atoms with van der Waals surface area (Å²) in [5, 5.41) is 4.58. The number of piperidine rings is 1. The average molecular weight is 561 g/mol. The zero-order valence-corrected chi connectivity index (χ0v) is 23.5. The fourth-order valence-corrected chi connectivity index (χ4v) is 5.33. The molecule has 1 aromatic heterocycles. The van der Waals surface area contributed by atoms with Crippen molar-refractivity contribution in [1.82, 2.24) is 19.8 Å². The van der Waals surface area contributed by atoms with Crippen LogP contribution in [0.3, 0.4) is 0 Å². The number of halogens is 2. The van der Waals surface area contributed by atoms with Crippen LogP contribution in [0.5, 0.6) is 11.5 Å². The fourth-order valence-electron chi connectivity index (χ4n) is 5.06. The zero-order valence-electron chi connectivity index (χ0n) is 21.9. The van der Waals surface area contributed by atoms with Crippen LogP contribution in [-0.2, 0) is 0 Å². The predicted molar refractivity (Wildman–Crippen MR) is 154 cm³/mol. The molecular weight excluding hydrogens is 525 g/mol. The lowest BCUT2D eigenvalue weighted by atomic mass is 10.1. The number of ether oxygens (including phenoxy) is 2. The number of anilines is 2. The van der Waals surface area contributed by atoms with Gasteiger partial charge in [0.05, 0.1) is 28.6 Å². The molecule has 2 aliphatic heterocycles. The molecule has 0 bridgehead atoms. The number of fused-ring (bicyclic) bond motifs is 1. The third-order valence-electron chi connectivity index (χ3n) is 7.23. The second kappa shape index (κ2) is 12.8. The summed E-state index contributed by atoms with van der Waals surface area (Å²) in [5.41, 5.74) is 1.98. The van der Waals surface area contributed by atoms with Crippen molar-refractivity contribution in [2.45, 2.75) is 44.6 Å². The minimum absolute atomic E-state index is 0. The van der Waals surface area contributed by atoms with Gasteiger partial charge >= 0.3 is 0 Å². The fraction of sp³-hybridized carbons (Fsp3) is 0.464. The number of methoxy groups -OCH3 is 1. The van der Waals surface area contributed by atoms with E-state index in [1.807, 2.05) is 23.1 Å². The molecule has 0 saturated carbocycles. The number of amides is 1. The lowest BCUT2D eigenvalue weighted by molar-refractivity contribution is 0.0762. The molecule has 0 aliphatic carbocycles. The molecule has 0 spiro atoms. The minimum atomic E-state index is -0.00755. The van der Waals surface area contributed by atoms with E-state index in [4.69, 9.17) is 21.1 Å². The van der Waals surface area contributed by atoms with Crippen LogP contribution in [0.1, 0.15) is 48.9 Å². The summed E-state index contributed by atoms with van der Waals surface area (Å²) in [4.78, 5) is 26.3. The summed E-state index contributed by atoms with van der Waals surface area (Å²) in [6.07, 6.45) is 7.95. The number of nitrogens with one attached hydrogen (secondary N) is 1. The molecule has 0 atom stereocenters. The number of hydrogen-bond acceptors (Lipinski definition) is 7. The summed E-state index contributed by atoms with van der Waals surface area (Å²) in [7, 11) is 3.77. The van der Waals surface area contributed by atoms with E-state index in [-0.39, 0.29) is 24.4 Å². The monoisotopic (exact) mass is 559 g/mol. The summed E-state index contributed by atoms with van der Waals surface area (Å²) < 4.78 is 12.0. The highest BCUT2D eigenvalue weighted by molar-refractivity contribution is 6.34. The van der Waals surface area contributed by atoms with Crippen molar-refractivity contribution in [3.05, 3.63) is 47.2 Å². The number of rotatable bonds is 6. The van der Waals surface area contributed by atoms with E-state index < -0.39 is 0 Å². The summed E-state index contributed by atoms with van der Waals surface area (Å²) in [5.74, 6) is 1.97. The molecule has 5 rings (SSSR count). The van der Waals surface area contributed by atoms with Gasteiger partial charge in [-0.15, -0.1) is 12.4 Å². The van der Waals surface area contributed by atoms with Gasteiger partial charge in [0.1, 0.15) is 29.7 Å². The molecule has 3 aromatic rings. The van der Waals surface area contributed by atoms with Crippen LogP contribution in [0.15, 0.2) is 36.7 Å². The van der Waals surface area contributed by atoms with Crippen LogP contribution in [0, 0.1) is 0 Å². The topological polar surface area (TPSA) is 79.8 Å². The molecule has 1 amide bonds. The summed E-state index contributed by atoms with van der Waals surface area (Å²) >= 11 is 6.61. The molecule has 3 heterocycles. The van der Waals surface area contributed by atoms with Crippen LogP contribution >= 0.6 is 24.0 Å². The van der Waals surface area contributed by atoms with Gasteiger partial charge in [0.25, 0.3) is 5.91 Å². The van der Waals surface area contributed by atoms with Gasteiger partial charge in [0.15, 0.2) is 0 Å². The molecule has 1 N–H and O–H groups in total. The lowest BCUT2D eigenvalue weighted by Gasteiger charge is -2.29. The maximum absolute atomic E-state index is 13.1. The van der Waals surface area contributed by atoms with Gasteiger partial charge in [-0.3, -0.25) is 4.79 Å². The van der Waals surface area contributed by atoms with Crippen molar-refractivity contribution in [2.24, 2.45) is 0 Å². The Bertz CT molecular complexity index is 1260. The Morgan fingerprint density at radius 3 is 2.45 bits per heavy atom. The maximum Gasteiger partial charge on any atom is 0.255 e. The van der Waals surface area contributed by atoms with Crippen LogP contribution in [0.25, 0.3) is 10.9 Å². The molecule has 204 valence electrons. The molecular formula is C28H35Cl2N5O3. The van der Waals surface area contributed by atoms with E-state index >= 15 is 0 Å². The van der Waals surface area contributed by atoms with Crippen molar-refractivity contribution in [3.8, 4) is 11.5 Å². The van der Waals surface area contributed by atoms with Gasteiger partial charge in [-0.1, -0.05) is 24.4 Å². The largest absolute Gasteiger partial charge is 0.497 e. The third-order valence-corrected chi connectivity index (χ3v) is 7.54. The highest BCUT2D eigenvalue weighted by Gasteiger charge is 2.22. The number of carbonyl (C=O) groups is 1. The number of nitrogens with zero attached hydrogens (tertiary/aromatic N) is 4. The molecule has 2 saturated heterocycles. The first-order valence-corrected chi connectivity index (χ1v) is 13.4. The van der Waals surface area contributed by atoms with Crippen molar-refractivity contribution < 1.29 is 14.3 Å². The zero-order chi connectivity index (χ0) is 25.8. The lowest BCUT2D eigenvalue weighted by Crippen LogP contribution is -2.35. The molecule has 0 radical (unpaired) electrons. The highest BCUT2D eigenvalue weighted by Crippen LogP contribution is 2.37. The molecule has 2 aliphatic rings. The molecule has 2 fully saturated rings. The smallest absolute Gasteiger partial charge is 0.255 e. The van der Waals surface area contributed by atoms with Crippen LogP contribution in [-0.4, -0.2) is 72.1 Å². The van der Waals surface area contributed by atoms with E-state index in [1.54, 1.807) is 19.2 Å². The van der Waals surface area contributed by atoms with Gasteiger partial charge in [-0.2, -0.15) is 0 Å². The van der Waals surface area contributed by atoms with Crippen molar-refractivity contribution in [2.75, 3.05) is 45.7 Å². The Hall–Kier alpha value is -2.81. The van der Waals surface area contributed by atoms with Crippen LogP contribution in [0.4, 0.5) is 11.5 Å². The molecule has 10 heteroatoms. The SMILES string of the molecule is COc1cc(OC2CCN(C)CC2)c2c(Nc3ccc(C(=O)N4CCCCCC4)c(Cl)c3)ncnc2c1.Cl. The number of carbonyl (C=O) groups excluding carboxylic acids is 1. The van der Waals surface area contributed by atoms with E-state index in [2.05, 4.69) is 27.2 Å². The minimum Gasteiger partial charge on any atom is -0.497 e. The first kappa shape index (κ1) is 28.2. The number of benzene rings is 2. The van der Waals surface area contributed by atoms with Gasteiger partial charge in [0, 0.05) is 44.0 Å². The summed E-state index contributed by atoms with van der Waals surface area (Å²) in [6.45, 7) is 3.56.